The van der Waals surface area contributed by atoms with Crippen LogP contribution in [-0.2, 0) is 34.4 Å². The minimum absolute atomic E-state index is 0.266. The third-order valence-corrected chi connectivity index (χ3v) is 4.87. The van der Waals surface area contributed by atoms with Crippen LogP contribution in [0.15, 0.2) is 9.59 Å². The molecule has 0 atom stereocenters. The second kappa shape index (κ2) is 7.03. The predicted octanol–water partition coefficient (Wildman–Crippen LogP) is -0.0243. The second-order valence-electron chi connectivity index (χ2n) is 6.40. The highest BCUT2D eigenvalue weighted by Crippen LogP contribution is 2.20. The Morgan fingerprint density at radius 2 is 1.81 bits per heavy atom. The zero-order valence-electron chi connectivity index (χ0n) is 16.1. The SMILES string of the molecule is COCCCn1c(C)c(C)n2c3c(=O)n(CC(=O)OC)c(=O)n(C)c3nc12. The maximum Gasteiger partial charge on any atom is 0.333 e. The van der Waals surface area contributed by atoms with E-state index >= 15 is 0 Å². The first-order valence-corrected chi connectivity index (χ1v) is 8.56. The average molecular weight is 377 g/mol. The molecule has 0 fully saturated rings. The zero-order valence-corrected chi connectivity index (χ0v) is 16.1. The van der Waals surface area contributed by atoms with Crippen molar-refractivity contribution in [3.05, 3.63) is 32.2 Å². The minimum Gasteiger partial charge on any atom is -0.468 e. The number of imidazole rings is 2. The maximum absolute atomic E-state index is 13.0. The standard InChI is InChI=1S/C17H23N5O5/c1-10-11(2)22-13-14(18-16(22)20(10)7-6-8-26-4)19(3)17(25)21(15(13)24)9-12(23)27-5/h6-9H2,1-5H3. The summed E-state index contributed by atoms with van der Waals surface area (Å²) in [5, 5.41) is 0. The van der Waals surface area contributed by atoms with Crippen LogP contribution in [0.5, 0.6) is 0 Å². The molecule has 0 bridgehead atoms. The highest BCUT2D eigenvalue weighted by Gasteiger charge is 2.23. The van der Waals surface area contributed by atoms with Gasteiger partial charge in [-0.2, -0.15) is 4.98 Å². The van der Waals surface area contributed by atoms with Crippen LogP contribution in [0.1, 0.15) is 17.8 Å². The Hall–Kier alpha value is -2.88. The Labute approximate surface area is 154 Å². The maximum atomic E-state index is 13.0. The molecule has 0 saturated heterocycles. The monoisotopic (exact) mass is 377 g/mol. The molecule has 0 aliphatic carbocycles. The van der Waals surface area contributed by atoms with Crippen LogP contribution in [0.4, 0.5) is 0 Å². The minimum atomic E-state index is -0.667. The van der Waals surface area contributed by atoms with E-state index in [1.54, 1.807) is 11.5 Å². The van der Waals surface area contributed by atoms with E-state index in [-0.39, 0.29) is 11.2 Å². The van der Waals surface area contributed by atoms with E-state index in [2.05, 4.69) is 9.72 Å². The predicted molar refractivity (Wildman–Crippen MR) is 98.2 cm³/mol. The van der Waals surface area contributed by atoms with Crippen molar-refractivity contribution in [2.45, 2.75) is 33.4 Å². The van der Waals surface area contributed by atoms with E-state index in [1.165, 1.54) is 18.7 Å². The van der Waals surface area contributed by atoms with E-state index in [9.17, 15) is 14.4 Å². The van der Waals surface area contributed by atoms with Crippen molar-refractivity contribution in [2.75, 3.05) is 20.8 Å². The lowest BCUT2D eigenvalue weighted by Crippen LogP contribution is -2.41. The van der Waals surface area contributed by atoms with Crippen molar-refractivity contribution in [3.63, 3.8) is 0 Å². The van der Waals surface area contributed by atoms with Gasteiger partial charge in [-0.1, -0.05) is 0 Å². The Kier molecular flexibility index (Phi) is 4.92. The highest BCUT2D eigenvalue weighted by atomic mass is 16.5. The molecule has 3 rings (SSSR count). The summed E-state index contributed by atoms with van der Waals surface area (Å²) in [7, 11) is 4.38. The third kappa shape index (κ3) is 2.85. The van der Waals surface area contributed by atoms with E-state index in [4.69, 9.17) is 4.74 Å². The van der Waals surface area contributed by atoms with Crippen molar-refractivity contribution < 1.29 is 14.3 Å². The fraction of sp³-hybridized carbons (Fsp3) is 0.529. The van der Waals surface area contributed by atoms with Gasteiger partial charge in [-0.25, -0.2) is 9.36 Å². The molecule has 3 aromatic rings. The molecule has 0 aliphatic heterocycles. The van der Waals surface area contributed by atoms with Gasteiger partial charge in [-0.05, 0) is 20.3 Å². The van der Waals surface area contributed by atoms with Gasteiger partial charge in [0.05, 0.1) is 7.11 Å². The van der Waals surface area contributed by atoms with Crippen LogP contribution in [0.2, 0.25) is 0 Å². The van der Waals surface area contributed by atoms with Crippen LogP contribution in [0.25, 0.3) is 16.9 Å². The number of hydrogen-bond donors (Lipinski definition) is 0. The van der Waals surface area contributed by atoms with Gasteiger partial charge in [0.2, 0.25) is 5.78 Å². The van der Waals surface area contributed by atoms with Crippen molar-refractivity contribution >= 4 is 22.9 Å². The summed E-state index contributed by atoms with van der Waals surface area (Å²) in [6, 6.07) is 0. The quantitative estimate of drug-likeness (QED) is 0.442. The number of aromatic nitrogens is 5. The fourth-order valence-corrected chi connectivity index (χ4v) is 3.28. The molecule has 0 unspecified atom stereocenters. The van der Waals surface area contributed by atoms with Gasteiger partial charge in [0.1, 0.15) is 6.54 Å². The lowest BCUT2D eigenvalue weighted by molar-refractivity contribution is -0.141. The first-order valence-electron chi connectivity index (χ1n) is 8.56. The van der Waals surface area contributed by atoms with Gasteiger partial charge in [0.15, 0.2) is 11.2 Å². The number of carbonyl (C=O) groups excluding carboxylic acids is 1. The third-order valence-electron chi connectivity index (χ3n) is 4.87. The summed E-state index contributed by atoms with van der Waals surface area (Å²) in [4.78, 5) is 41.8. The molecule has 27 heavy (non-hydrogen) atoms. The Morgan fingerprint density at radius 3 is 2.44 bits per heavy atom. The van der Waals surface area contributed by atoms with Gasteiger partial charge < -0.3 is 14.0 Å². The molecule has 3 aromatic heterocycles. The molecule has 10 heteroatoms. The lowest BCUT2D eigenvalue weighted by Gasteiger charge is -2.07. The molecule has 0 aliphatic rings. The van der Waals surface area contributed by atoms with Gasteiger partial charge in [0, 0.05) is 38.7 Å². The normalized spacial score (nSPS) is 11.6. The van der Waals surface area contributed by atoms with Gasteiger partial charge >= 0.3 is 11.7 Å². The fourth-order valence-electron chi connectivity index (χ4n) is 3.28. The van der Waals surface area contributed by atoms with Crippen molar-refractivity contribution in [3.8, 4) is 0 Å². The van der Waals surface area contributed by atoms with Crippen LogP contribution < -0.4 is 11.2 Å². The van der Waals surface area contributed by atoms with E-state index < -0.39 is 23.8 Å². The van der Waals surface area contributed by atoms with Crippen molar-refractivity contribution in [2.24, 2.45) is 7.05 Å². The number of methoxy groups -OCH3 is 2. The van der Waals surface area contributed by atoms with Crippen molar-refractivity contribution in [1.29, 1.82) is 0 Å². The smallest absolute Gasteiger partial charge is 0.333 e. The number of rotatable bonds is 6. The van der Waals surface area contributed by atoms with Crippen LogP contribution in [0.3, 0.4) is 0 Å². The van der Waals surface area contributed by atoms with Crippen LogP contribution in [0, 0.1) is 13.8 Å². The molecule has 3 heterocycles. The molecule has 10 nitrogen and oxygen atoms in total. The van der Waals surface area contributed by atoms with Crippen LogP contribution >= 0.6 is 0 Å². The highest BCUT2D eigenvalue weighted by molar-refractivity contribution is 5.77. The Bertz CT molecular complexity index is 1150. The number of fused-ring (bicyclic) bond motifs is 3. The molecular formula is C17H23N5O5. The topological polar surface area (TPSA) is 102 Å². The largest absolute Gasteiger partial charge is 0.468 e. The number of hydrogen-bond acceptors (Lipinski definition) is 6. The molecule has 0 radical (unpaired) electrons. The number of aryl methyl sites for hydroxylation is 3. The Morgan fingerprint density at radius 1 is 1.11 bits per heavy atom. The van der Waals surface area contributed by atoms with E-state index in [0.717, 1.165) is 22.4 Å². The second-order valence-corrected chi connectivity index (χ2v) is 6.40. The number of esters is 1. The molecule has 146 valence electrons. The molecule has 0 aromatic carbocycles. The first-order chi connectivity index (χ1) is 12.8. The average Bonchev–Trinajstić information content (AvgIpc) is 3.15. The van der Waals surface area contributed by atoms with E-state index in [0.29, 0.717) is 18.9 Å². The van der Waals surface area contributed by atoms with E-state index in [1.807, 2.05) is 18.4 Å². The molecule has 0 spiro atoms. The van der Waals surface area contributed by atoms with Crippen molar-refractivity contribution in [1.82, 2.24) is 23.1 Å². The Balaban J connectivity index is 2.34. The number of ether oxygens (including phenoxy) is 2. The number of carbonyl (C=O) groups is 1. The molecule has 0 N–H and O–H groups in total. The molecule has 0 saturated carbocycles. The summed E-state index contributed by atoms with van der Waals surface area (Å²) in [6.07, 6.45) is 0.788. The molecule has 0 amide bonds. The first kappa shape index (κ1) is 18.9. The summed E-state index contributed by atoms with van der Waals surface area (Å²) in [5.41, 5.74) is 1.20. The zero-order chi connectivity index (χ0) is 19.9. The number of nitrogens with zero attached hydrogens (tertiary/aromatic N) is 5. The summed E-state index contributed by atoms with van der Waals surface area (Å²) < 4.78 is 15.6. The van der Waals surface area contributed by atoms with Gasteiger partial charge in [-0.3, -0.25) is 18.6 Å². The summed E-state index contributed by atoms with van der Waals surface area (Å²) in [6.45, 7) is 4.68. The molecular weight excluding hydrogens is 354 g/mol. The van der Waals surface area contributed by atoms with Gasteiger partial charge in [-0.15, -0.1) is 0 Å². The van der Waals surface area contributed by atoms with Crippen LogP contribution in [-0.4, -0.2) is 49.9 Å². The lowest BCUT2D eigenvalue weighted by atomic mass is 10.3. The summed E-state index contributed by atoms with van der Waals surface area (Å²) >= 11 is 0. The summed E-state index contributed by atoms with van der Waals surface area (Å²) in [5.74, 6) is -0.0848. The van der Waals surface area contributed by atoms with Gasteiger partial charge in [0.25, 0.3) is 5.56 Å².